The van der Waals surface area contributed by atoms with Crippen molar-refractivity contribution in [1.82, 2.24) is 5.09 Å². The lowest BCUT2D eigenvalue weighted by Crippen LogP contribution is -2.28. The van der Waals surface area contributed by atoms with Gasteiger partial charge in [0.05, 0.1) is 18.9 Å². The summed E-state index contributed by atoms with van der Waals surface area (Å²) >= 11 is 0. The van der Waals surface area contributed by atoms with Gasteiger partial charge < -0.3 is 10.2 Å². The van der Waals surface area contributed by atoms with Crippen LogP contribution in [0, 0.1) is 0 Å². The summed E-state index contributed by atoms with van der Waals surface area (Å²) in [4.78, 5) is 28.7. The number of hydrogen-bond acceptors (Lipinski definition) is 3. The molecular weight excluding hydrogens is 249 g/mol. The molecule has 0 fully saturated rings. The largest absolute Gasteiger partial charge is 0.610 e. The summed E-state index contributed by atoms with van der Waals surface area (Å²) < 4.78 is 10.2. The second-order valence-electron chi connectivity index (χ2n) is 3.29. The van der Waals surface area contributed by atoms with Crippen LogP contribution in [0.15, 0.2) is 0 Å². The molecule has 0 saturated carbocycles. The van der Waals surface area contributed by atoms with E-state index in [2.05, 4.69) is 13.8 Å². The van der Waals surface area contributed by atoms with Gasteiger partial charge in [-0.3, -0.25) is 9.59 Å². The van der Waals surface area contributed by atoms with Gasteiger partial charge in [-0.1, -0.05) is 31.8 Å². The molecule has 1 unspecified atom stereocenters. The second-order valence-corrected chi connectivity index (χ2v) is 4.10. The standard InChI is InChI=1S/C5H8NO6P.C4H10/c7-4(8)1-3(2-5(9)10)6-13(11)12;1-3-4-2/h3H,1-2H2,(H3-,6,7,8,9,10,11,12);3-4H2,1-2H3/p+1. The fourth-order valence-electron chi connectivity index (χ4n) is 0.741. The Balaban J connectivity index is 0. The fourth-order valence-corrected chi connectivity index (χ4v) is 1.24. The van der Waals surface area contributed by atoms with Crippen molar-refractivity contribution in [2.24, 2.45) is 0 Å². The summed E-state index contributed by atoms with van der Waals surface area (Å²) in [7, 11) is -2.73. The molecule has 0 aromatic heterocycles. The fraction of sp³-hybridized carbons (Fsp3) is 0.778. The summed E-state index contributed by atoms with van der Waals surface area (Å²) in [6, 6.07) is -1.02. The molecule has 7 nitrogen and oxygen atoms in total. The molecule has 0 heterocycles. The molecule has 17 heavy (non-hydrogen) atoms. The van der Waals surface area contributed by atoms with Gasteiger partial charge in [-0.05, 0) is 4.57 Å². The van der Waals surface area contributed by atoms with Crippen molar-refractivity contribution in [3.8, 4) is 0 Å². The van der Waals surface area contributed by atoms with E-state index in [1.54, 1.807) is 0 Å². The molecule has 0 spiro atoms. The summed E-state index contributed by atoms with van der Waals surface area (Å²) in [5.41, 5.74) is 0. The molecule has 8 heteroatoms. The first-order chi connectivity index (χ1) is 7.83. The van der Waals surface area contributed by atoms with Crippen LogP contribution in [0.25, 0.3) is 0 Å². The SMILES string of the molecule is CCCC.O=C(O)CC(CC(=O)O)N[P+](=O)O. The van der Waals surface area contributed by atoms with Gasteiger partial charge in [-0.25, -0.2) is 0 Å². The Hall–Kier alpha value is -1.04. The lowest BCUT2D eigenvalue weighted by molar-refractivity contribution is -0.139. The average molecular weight is 268 g/mol. The first kappa shape index (κ1) is 18.3. The zero-order chi connectivity index (χ0) is 13.8. The van der Waals surface area contributed by atoms with E-state index in [4.69, 9.17) is 15.1 Å². The Morgan fingerprint density at radius 3 is 1.65 bits per heavy atom. The number of carbonyl (C=O) groups is 2. The number of unbranched alkanes of at least 4 members (excludes halogenated alkanes) is 1. The minimum absolute atomic E-state index is 0.506. The predicted octanol–water partition coefficient (Wildman–Crippen LogP) is 1.35. The molecule has 0 rings (SSSR count). The van der Waals surface area contributed by atoms with Crippen molar-refractivity contribution in [1.29, 1.82) is 0 Å². The van der Waals surface area contributed by atoms with Crippen LogP contribution in [0.5, 0.6) is 0 Å². The van der Waals surface area contributed by atoms with Crippen molar-refractivity contribution in [2.75, 3.05) is 0 Å². The monoisotopic (exact) mass is 268 g/mol. The molecule has 0 aliphatic carbocycles. The molecular formula is C9H19NO6P+. The highest BCUT2D eigenvalue weighted by atomic mass is 31.1. The Bertz CT molecular complexity index is 218. The third-order valence-corrected chi connectivity index (χ3v) is 2.22. The van der Waals surface area contributed by atoms with Gasteiger partial charge in [0.15, 0.2) is 0 Å². The highest BCUT2D eigenvalue weighted by Crippen LogP contribution is 2.11. The molecule has 0 radical (unpaired) electrons. The van der Waals surface area contributed by atoms with Crippen molar-refractivity contribution in [3.63, 3.8) is 0 Å². The maximum absolute atomic E-state index is 10.2. The Labute approximate surface area is 101 Å². The van der Waals surface area contributed by atoms with Crippen LogP contribution in [0.1, 0.15) is 39.5 Å². The van der Waals surface area contributed by atoms with Gasteiger partial charge in [0.2, 0.25) is 0 Å². The van der Waals surface area contributed by atoms with Crippen molar-refractivity contribution < 1.29 is 29.3 Å². The highest BCUT2D eigenvalue weighted by molar-refractivity contribution is 7.35. The predicted molar refractivity (Wildman–Crippen MR) is 61.8 cm³/mol. The minimum Gasteiger partial charge on any atom is -0.481 e. The number of rotatable bonds is 7. The van der Waals surface area contributed by atoms with E-state index in [1.807, 2.05) is 5.09 Å². The molecule has 0 aliphatic heterocycles. The minimum atomic E-state index is -2.73. The van der Waals surface area contributed by atoms with Gasteiger partial charge in [-0.15, -0.1) is 4.89 Å². The number of carboxylic acid groups (broad SMARTS) is 2. The van der Waals surface area contributed by atoms with Crippen LogP contribution < -0.4 is 5.09 Å². The van der Waals surface area contributed by atoms with E-state index in [0.717, 1.165) is 0 Å². The molecule has 0 aliphatic rings. The Morgan fingerprint density at radius 2 is 1.47 bits per heavy atom. The molecule has 4 N–H and O–H groups in total. The van der Waals surface area contributed by atoms with Crippen LogP contribution in [0.3, 0.4) is 0 Å². The smallest absolute Gasteiger partial charge is 0.481 e. The quantitative estimate of drug-likeness (QED) is 0.514. The third kappa shape index (κ3) is 17.6. The van der Waals surface area contributed by atoms with Crippen molar-refractivity contribution in [2.45, 2.75) is 45.6 Å². The van der Waals surface area contributed by atoms with Crippen molar-refractivity contribution in [3.05, 3.63) is 0 Å². The van der Waals surface area contributed by atoms with Gasteiger partial charge in [0.1, 0.15) is 0 Å². The zero-order valence-electron chi connectivity index (χ0n) is 9.92. The molecule has 0 aromatic carbocycles. The van der Waals surface area contributed by atoms with E-state index in [1.165, 1.54) is 12.8 Å². The van der Waals surface area contributed by atoms with E-state index in [9.17, 15) is 14.2 Å². The van der Waals surface area contributed by atoms with Crippen LogP contribution in [-0.2, 0) is 14.2 Å². The number of aliphatic carboxylic acids is 2. The Kier molecular flexibility index (Phi) is 12.3. The normalized spacial score (nSPS) is 10.5. The maximum atomic E-state index is 10.2. The first-order valence-electron chi connectivity index (χ1n) is 5.19. The molecule has 0 aromatic rings. The van der Waals surface area contributed by atoms with Gasteiger partial charge in [-0.2, -0.15) is 0 Å². The van der Waals surface area contributed by atoms with Crippen molar-refractivity contribution >= 4 is 20.1 Å². The number of carboxylic acids is 2. The highest BCUT2D eigenvalue weighted by Gasteiger charge is 2.24. The lowest BCUT2D eigenvalue weighted by atomic mass is 10.1. The lowest BCUT2D eigenvalue weighted by Gasteiger charge is -2.04. The summed E-state index contributed by atoms with van der Waals surface area (Å²) in [5, 5.41) is 18.5. The molecule has 0 bridgehead atoms. The molecule has 1 atom stereocenters. The summed E-state index contributed by atoms with van der Waals surface area (Å²) in [6.07, 6.45) is 1.63. The zero-order valence-corrected chi connectivity index (χ0v) is 10.8. The van der Waals surface area contributed by atoms with E-state index in [0.29, 0.717) is 0 Å². The summed E-state index contributed by atoms with van der Waals surface area (Å²) in [5.74, 6) is -2.45. The number of nitrogens with one attached hydrogen (secondary N) is 1. The second kappa shape index (κ2) is 11.4. The van der Waals surface area contributed by atoms with E-state index >= 15 is 0 Å². The van der Waals surface area contributed by atoms with E-state index < -0.39 is 39.0 Å². The van der Waals surface area contributed by atoms with Crippen LogP contribution in [0.2, 0.25) is 0 Å². The molecule has 100 valence electrons. The molecule has 0 saturated heterocycles. The maximum Gasteiger partial charge on any atom is 0.610 e. The number of hydrogen-bond donors (Lipinski definition) is 4. The Morgan fingerprint density at radius 1 is 1.12 bits per heavy atom. The average Bonchev–Trinajstić information content (AvgIpc) is 2.14. The molecule has 0 amide bonds. The van der Waals surface area contributed by atoms with Gasteiger partial charge in [0.25, 0.3) is 0 Å². The van der Waals surface area contributed by atoms with Gasteiger partial charge >= 0.3 is 20.1 Å². The van der Waals surface area contributed by atoms with E-state index in [-0.39, 0.29) is 0 Å². The van der Waals surface area contributed by atoms with Gasteiger partial charge in [0, 0.05) is 0 Å². The topological polar surface area (TPSA) is 124 Å². The first-order valence-corrected chi connectivity index (χ1v) is 6.40. The van der Waals surface area contributed by atoms with Crippen LogP contribution in [-0.4, -0.2) is 33.1 Å². The third-order valence-electron chi connectivity index (χ3n) is 1.64. The van der Waals surface area contributed by atoms with Crippen LogP contribution >= 0.6 is 8.18 Å². The summed E-state index contributed by atoms with van der Waals surface area (Å²) in [6.45, 7) is 4.36. The van der Waals surface area contributed by atoms with Crippen LogP contribution in [0.4, 0.5) is 0 Å².